The lowest BCUT2D eigenvalue weighted by molar-refractivity contribution is -0.123. The second kappa shape index (κ2) is 11.2. The van der Waals surface area contributed by atoms with Gasteiger partial charge in [-0.05, 0) is 54.4 Å². The van der Waals surface area contributed by atoms with Crippen molar-refractivity contribution >= 4 is 29.4 Å². The Morgan fingerprint density at radius 1 is 1.07 bits per heavy atom. The van der Waals surface area contributed by atoms with E-state index in [0.717, 1.165) is 33.8 Å². The number of fused-ring (bicyclic) bond motifs is 2. The number of carbonyl (C=O) groups excluding carboxylic acids is 2. The highest BCUT2D eigenvalue weighted by Gasteiger charge is 2.40. The number of thioether (sulfide) groups is 1. The van der Waals surface area contributed by atoms with Crippen LogP contribution in [0.1, 0.15) is 54.1 Å². The SMILES string of the molecule is Cc1cccc(-n2nc(C(C)(C)C)c3c2N(CC(=O)NCc2ccccn2)C(=O)CSC3c2ccc3c(c2)OCO3)c1. The van der Waals surface area contributed by atoms with Crippen LogP contribution in [0, 0.1) is 6.92 Å². The molecule has 0 radical (unpaired) electrons. The highest BCUT2D eigenvalue weighted by atomic mass is 32.2. The third-order valence-electron chi connectivity index (χ3n) is 7.24. The molecule has 10 heteroatoms. The normalized spacial score (nSPS) is 16.2. The average molecular weight is 584 g/mol. The Kier molecular flexibility index (Phi) is 7.40. The van der Waals surface area contributed by atoms with Gasteiger partial charge < -0.3 is 14.8 Å². The van der Waals surface area contributed by atoms with Crippen molar-refractivity contribution < 1.29 is 19.1 Å². The third kappa shape index (κ3) is 5.46. The topological polar surface area (TPSA) is 98.6 Å². The molecule has 4 aromatic rings. The molecule has 2 aromatic heterocycles. The molecule has 0 bridgehead atoms. The fourth-order valence-corrected chi connectivity index (χ4v) is 6.43. The van der Waals surface area contributed by atoms with Crippen molar-refractivity contribution in [3.63, 3.8) is 0 Å². The number of hydrogen-bond donors (Lipinski definition) is 1. The molecule has 4 heterocycles. The van der Waals surface area contributed by atoms with Crippen LogP contribution in [0.3, 0.4) is 0 Å². The number of benzene rings is 2. The fourth-order valence-electron chi connectivity index (χ4n) is 5.24. The van der Waals surface area contributed by atoms with E-state index >= 15 is 0 Å². The Morgan fingerprint density at radius 3 is 2.67 bits per heavy atom. The summed E-state index contributed by atoms with van der Waals surface area (Å²) in [7, 11) is 0. The molecule has 1 N–H and O–H groups in total. The van der Waals surface area contributed by atoms with Gasteiger partial charge in [-0.2, -0.15) is 5.10 Å². The van der Waals surface area contributed by atoms with Gasteiger partial charge in [0.15, 0.2) is 11.5 Å². The van der Waals surface area contributed by atoms with Crippen molar-refractivity contribution in [1.29, 1.82) is 0 Å². The average Bonchev–Trinajstić information content (AvgIpc) is 3.57. The van der Waals surface area contributed by atoms with Gasteiger partial charge in [-0.15, -0.1) is 11.8 Å². The van der Waals surface area contributed by atoms with Crippen LogP contribution in [0.25, 0.3) is 5.69 Å². The molecule has 216 valence electrons. The monoisotopic (exact) mass is 583 g/mol. The van der Waals surface area contributed by atoms with Gasteiger partial charge in [0.25, 0.3) is 0 Å². The van der Waals surface area contributed by atoms with Gasteiger partial charge in [0, 0.05) is 17.2 Å². The maximum Gasteiger partial charge on any atom is 0.240 e. The maximum absolute atomic E-state index is 13.9. The molecule has 1 unspecified atom stereocenters. The van der Waals surface area contributed by atoms with Crippen LogP contribution in [0.2, 0.25) is 0 Å². The fraction of sp³-hybridized carbons (Fsp3) is 0.312. The molecule has 0 fully saturated rings. The molecule has 0 saturated carbocycles. The van der Waals surface area contributed by atoms with Crippen molar-refractivity contribution in [3.8, 4) is 17.2 Å². The number of hydrogen-bond acceptors (Lipinski definition) is 7. The van der Waals surface area contributed by atoms with Crippen molar-refractivity contribution in [1.82, 2.24) is 20.1 Å². The van der Waals surface area contributed by atoms with E-state index in [-0.39, 0.29) is 48.1 Å². The Labute approximate surface area is 249 Å². The van der Waals surface area contributed by atoms with Crippen LogP contribution in [-0.4, -0.2) is 45.7 Å². The number of aromatic nitrogens is 3. The molecule has 9 nitrogen and oxygen atoms in total. The molecule has 0 aliphatic carbocycles. The smallest absolute Gasteiger partial charge is 0.240 e. The van der Waals surface area contributed by atoms with E-state index in [9.17, 15) is 9.59 Å². The molecule has 0 spiro atoms. The van der Waals surface area contributed by atoms with Crippen molar-refractivity contribution in [2.24, 2.45) is 0 Å². The number of nitrogens with zero attached hydrogens (tertiary/aromatic N) is 4. The summed E-state index contributed by atoms with van der Waals surface area (Å²) in [4.78, 5) is 33.1. The maximum atomic E-state index is 13.9. The Hall–Kier alpha value is -4.31. The lowest BCUT2D eigenvalue weighted by Gasteiger charge is -2.24. The minimum absolute atomic E-state index is 0.145. The van der Waals surface area contributed by atoms with Crippen LogP contribution in [-0.2, 0) is 21.5 Å². The van der Waals surface area contributed by atoms with Gasteiger partial charge in [0.05, 0.1) is 34.6 Å². The summed E-state index contributed by atoms with van der Waals surface area (Å²) < 4.78 is 13.1. The number of pyridine rings is 1. The molecule has 1 atom stereocenters. The zero-order valence-electron chi connectivity index (χ0n) is 24.1. The number of rotatable bonds is 6. The molecule has 42 heavy (non-hydrogen) atoms. The van der Waals surface area contributed by atoms with E-state index < -0.39 is 0 Å². The standard InChI is InChI=1S/C32H33N5O4S/c1-20-8-7-10-23(14-20)37-31-28(30(35-37)32(2,3)4)29(21-11-12-24-25(15-21)41-19-40-24)42-18-27(39)36(31)17-26(38)34-16-22-9-5-6-13-33-22/h5-15,29H,16-19H2,1-4H3,(H,34,38). The van der Waals surface area contributed by atoms with E-state index in [1.807, 2.05) is 72.3 Å². The van der Waals surface area contributed by atoms with E-state index in [1.165, 1.54) is 11.8 Å². The van der Waals surface area contributed by atoms with E-state index in [4.69, 9.17) is 14.6 Å². The quantitative estimate of drug-likeness (QED) is 0.338. The minimum Gasteiger partial charge on any atom is -0.454 e. The zero-order chi connectivity index (χ0) is 29.4. The summed E-state index contributed by atoms with van der Waals surface area (Å²) in [6, 6.07) is 19.5. The summed E-state index contributed by atoms with van der Waals surface area (Å²) in [5, 5.41) is 7.87. The van der Waals surface area contributed by atoms with E-state index in [0.29, 0.717) is 17.3 Å². The van der Waals surface area contributed by atoms with Crippen molar-refractivity contribution in [2.75, 3.05) is 24.0 Å². The molecular weight excluding hydrogens is 550 g/mol. The number of aryl methyl sites for hydroxylation is 1. The van der Waals surface area contributed by atoms with Crippen molar-refractivity contribution in [2.45, 2.75) is 44.9 Å². The largest absolute Gasteiger partial charge is 0.454 e. The van der Waals surface area contributed by atoms with Gasteiger partial charge >= 0.3 is 0 Å². The van der Waals surface area contributed by atoms with E-state index in [2.05, 4.69) is 31.1 Å². The number of anilines is 1. The van der Waals surface area contributed by atoms with Crippen LogP contribution >= 0.6 is 11.8 Å². The van der Waals surface area contributed by atoms with Gasteiger partial charge in [-0.3, -0.25) is 19.5 Å². The van der Waals surface area contributed by atoms with Gasteiger partial charge in [-0.25, -0.2) is 4.68 Å². The van der Waals surface area contributed by atoms with Crippen LogP contribution in [0.15, 0.2) is 66.9 Å². The number of amides is 2. The predicted molar refractivity (Wildman–Crippen MR) is 162 cm³/mol. The first-order chi connectivity index (χ1) is 20.2. The summed E-state index contributed by atoms with van der Waals surface area (Å²) in [6.45, 7) is 8.69. The number of nitrogens with one attached hydrogen (secondary N) is 1. The second-order valence-electron chi connectivity index (χ2n) is 11.5. The predicted octanol–water partition coefficient (Wildman–Crippen LogP) is 5.09. The van der Waals surface area contributed by atoms with Crippen LogP contribution in [0.5, 0.6) is 11.5 Å². The third-order valence-corrected chi connectivity index (χ3v) is 8.49. The Morgan fingerprint density at radius 2 is 1.90 bits per heavy atom. The Bertz CT molecular complexity index is 1650. The van der Waals surface area contributed by atoms with Gasteiger partial charge in [0.1, 0.15) is 12.4 Å². The molecule has 2 aliphatic heterocycles. The summed E-state index contributed by atoms with van der Waals surface area (Å²) in [5.74, 6) is 1.74. The summed E-state index contributed by atoms with van der Waals surface area (Å²) >= 11 is 1.53. The molecule has 0 saturated heterocycles. The number of carbonyl (C=O) groups is 2. The molecule has 2 aromatic carbocycles. The first-order valence-corrected chi connectivity index (χ1v) is 14.9. The Balaban J connectivity index is 1.49. The zero-order valence-corrected chi connectivity index (χ0v) is 24.9. The lowest BCUT2D eigenvalue weighted by atomic mass is 9.87. The van der Waals surface area contributed by atoms with Crippen molar-refractivity contribution in [3.05, 3.63) is 94.9 Å². The second-order valence-corrected chi connectivity index (χ2v) is 12.6. The van der Waals surface area contributed by atoms with E-state index in [1.54, 1.807) is 11.1 Å². The molecule has 6 rings (SSSR count). The molecule has 2 aliphatic rings. The highest BCUT2D eigenvalue weighted by Crippen LogP contribution is 2.49. The minimum atomic E-state index is -0.353. The molecular formula is C32H33N5O4S. The lowest BCUT2D eigenvalue weighted by Crippen LogP contribution is -2.42. The first-order valence-electron chi connectivity index (χ1n) is 13.9. The summed E-state index contributed by atoms with van der Waals surface area (Å²) in [6.07, 6.45) is 1.69. The highest BCUT2D eigenvalue weighted by molar-refractivity contribution is 8.00. The number of ether oxygens (including phenoxy) is 2. The molecule has 2 amide bonds. The van der Waals surface area contributed by atoms with Gasteiger partial charge in [-0.1, -0.05) is 45.0 Å². The van der Waals surface area contributed by atoms with Crippen LogP contribution in [0.4, 0.5) is 5.82 Å². The first kappa shape index (κ1) is 27.8. The summed E-state index contributed by atoms with van der Waals surface area (Å²) in [5.41, 5.74) is 5.04. The van der Waals surface area contributed by atoms with Crippen LogP contribution < -0.4 is 19.7 Å². The van der Waals surface area contributed by atoms with Gasteiger partial charge in [0.2, 0.25) is 18.6 Å².